The Kier molecular flexibility index (Phi) is 4.18. The largest absolute Gasteiger partial charge is 0.269 e. The first kappa shape index (κ1) is 12.7. The molecule has 0 atom stereocenters. The van der Waals surface area contributed by atoms with Gasteiger partial charge in [-0.15, -0.1) is 0 Å². The molecular weight excluding hydrogens is 240 g/mol. The molecule has 19 heavy (non-hydrogen) atoms. The Morgan fingerprint density at radius 2 is 1.63 bits per heavy atom. The molecule has 0 unspecified atom stereocenters. The van der Waals surface area contributed by atoms with E-state index >= 15 is 0 Å². The molecule has 0 bridgehead atoms. The summed E-state index contributed by atoms with van der Waals surface area (Å²) in [5, 5.41) is 10.5. The molecular formula is C15H12N2O2. The SMILES string of the molecule is O=[N+]([O-])c1ccc(C=N/C=C/c2ccccc2)cc1. The van der Waals surface area contributed by atoms with Crippen molar-refractivity contribution < 1.29 is 4.92 Å². The summed E-state index contributed by atoms with van der Waals surface area (Å²) < 4.78 is 0. The molecule has 2 aromatic carbocycles. The summed E-state index contributed by atoms with van der Waals surface area (Å²) in [4.78, 5) is 14.2. The molecule has 94 valence electrons. The lowest BCUT2D eigenvalue weighted by molar-refractivity contribution is -0.384. The fraction of sp³-hybridized carbons (Fsp3) is 0. The van der Waals surface area contributed by atoms with E-state index in [0.29, 0.717) is 0 Å². The van der Waals surface area contributed by atoms with Crippen molar-refractivity contribution in [2.45, 2.75) is 0 Å². The number of nitro benzene ring substituents is 1. The first-order valence-electron chi connectivity index (χ1n) is 5.75. The molecule has 2 aromatic rings. The molecule has 0 aliphatic heterocycles. The van der Waals surface area contributed by atoms with Crippen molar-refractivity contribution in [1.82, 2.24) is 0 Å². The van der Waals surface area contributed by atoms with Gasteiger partial charge in [0.15, 0.2) is 0 Å². The number of nitrogens with zero attached hydrogens (tertiary/aromatic N) is 2. The van der Waals surface area contributed by atoms with Crippen LogP contribution in [0.5, 0.6) is 0 Å². The number of hydrogen-bond donors (Lipinski definition) is 0. The number of aliphatic imine (C=N–C) groups is 1. The minimum absolute atomic E-state index is 0.0805. The third-order valence-electron chi connectivity index (χ3n) is 2.48. The summed E-state index contributed by atoms with van der Waals surface area (Å²) in [6.07, 6.45) is 5.24. The van der Waals surface area contributed by atoms with Crippen LogP contribution in [0.1, 0.15) is 11.1 Å². The summed E-state index contributed by atoms with van der Waals surface area (Å²) in [7, 11) is 0. The number of nitro groups is 1. The van der Waals surface area contributed by atoms with E-state index in [1.54, 1.807) is 24.5 Å². The molecule has 0 heterocycles. The average Bonchev–Trinajstić information content (AvgIpc) is 2.45. The van der Waals surface area contributed by atoms with Gasteiger partial charge in [-0.05, 0) is 29.3 Å². The van der Waals surface area contributed by atoms with Crippen molar-refractivity contribution in [2.24, 2.45) is 4.99 Å². The summed E-state index contributed by atoms with van der Waals surface area (Å²) in [6, 6.07) is 16.1. The molecule has 0 radical (unpaired) electrons. The Morgan fingerprint density at radius 3 is 2.26 bits per heavy atom. The lowest BCUT2D eigenvalue weighted by Crippen LogP contribution is -1.88. The van der Waals surface area contributed by atoms with Crippen molar-refractivity contribution in [3.8, 4) is 0 Å². The average molecular weight is 252 g/mol. The van der Waals surface area contributed by atoms with Crippen molar-refractivity contribution in [3.05, 3.63) is 82.0 Å². The second-order valence-corrected chi connectivity index (χ2v) is 3.85. The van der Waals surface area contributed by atoms with Gasteiger partial charge in [0.2, 0.25) is 0 Å². The zero-order chi connectivity index (χ0) is 13.5. The van der Waals surface area contributed by atoms with Gasteiger partial charge in [-0.2, -0.15) is 0 Å². The van der Waals surface area contributed by atoms with E-state index in [-0.39, 0.29) is 5.69 Å². The molecule has 0 fully saturated rings. The molecule has 0 aromatic heterocycles. The van der Waals surface area contributed by atoms with Gasteiger partial charge >= 0.3 is 0 Å². The maximum Gasteiger partial charge on any atom is 0.269 e. The van der Waals surface area contributed by atoms with E-state index in [4.69, 9.17) is 0 Å². The fourth-order valence-corrected chi connectivity index (χ4v) is 1.50. The highest BCUT2D eigenvalue weighted by Crippen LogP contribution is 2.10. The quantitative estimate of drug-likeness (QED) is 0.473. The maximum atomic E-state index is 10.5. The molecule has 0 N–H and O–H groups in total. The van der Waals surface area contributed by atoms with E-state index in [2.05, 4.69) is 4.99 Å². The number of rotatable bonds is 4. The lowest BCUT2D eigenvalue weighted by atomic mass is 10.2. The smallest absolute Gasteiger partial charge is 0.264 e. The van der Waals surface area contributed by atoms with Gasteiger partial charge < -0.3 is 0 Å². The highest BCUT2D eigenvalue weighted by molar-refractivity contribution is 5.80. The Labute approximate surface area is 110 Å². The molecule has 0 aliphatic carbocycles. The molecule has 0 spiro atoms. The van der Waals surface area contributed by atoms with Crippen molar-refractivity contribution in [2.75, 3.05) is 0 Å². The van der Waals surface area contributed by atoms with E-state index < -0.39 is 4.92 Å². The van der Waals surface area contributed by atoms with Crippen LogP contribution in [0.3, 0.4) is 0 Å². The summed E-state index contributed by atoms with van der Waals surface area (Å²) >= 11 is 0. The molecule has 0 aliphatic rings. The zero-order valence-electron chi connectivity index (χ0n) is 10.1. The highest BCUT2D eigenvalue weighted by Gasteiger charge is 2.01. The van der Waals surface area contributed by atoms with Crippen LogP contribution in [0, 0.1) is 10.1 Å². The highest BCUT2D eigenvalue weighted by atomic mass is 16.6. The van der Waals surface area contributed by atoms with E-state index in [1.165, 1.54) is 12.1 Å². The second kappa shape index (κ2) is 6.26. The predicted octanol–water partition coefficient (Wildman–Crippen LogP) is 3.68. The van der Waals surface area contributed by atoms with Gasteiger partial charge in [0.25, 0.3) is 5.69 Å². The van der Waals surface area contributed by atoms with E-state index in [1.807, 2.05) is 36.4 Å². The lowest BCUT2D eigenvalue weighted by Gasteiger charge is -1.92. The first-order chi connectivity index (χ1) is 9.25. The first-order valence-corrected chi connectivity index (χ1v) is 5.75. The van der Waals surface area contributed by atoms with Crippen LogP contribution in [0.15, 0.2) is 65.8 Å². The predicted molar refractivity (Wildman–Crippen MR) is 76.2 cm³/mol. The Hall–Kier alpha value is -2.75. The topological polar surface area (TPSA) is 55.5 Å². The summed E-state index contributed by atoms with van der Waals surface area (Å²) in [5.74, 6) is 0. The van der Waals surface area contributed by atoms with Gasteiger partial charge in [-0.3, -0.25) is 15.1 Å². The van der Waals surface area contributed by atoms with Crippen molar-refractivity contribution in [3.63, 3.8) is 0 Å². The molecule has 4 heteroatoms. The van der Waals surface area contributed by atoms with Gasteiger partial charge in [0.1, 0.15) is 0 Å². The second-order valence-electron chi connectivity index (χ2n) is 3.85. The molecule has 4 nitrogen and oxygen atoms in total. The Balaban J connectivity index is 1.99. The van der Waals surface area contributed by atoms with Gasteiger partial charge in [-0.1, -0.05) is 30.3 Å². The van der Waals surface area contributed by atoms with Crippen LogP contribution in [-0.2, 0) is 0 Å². The van der Waals surface area contributed by atoms with E-state index in [0.717, 1.165) is 11.1 Å². The van der Waals surface area contributed by atoms with Crippen LogP contribution in [0.2, 0.25) is 0 Å². The fourth-order valence-electron chi connectivity index (χ4n) is 1.50. The van der Waals surface area contributed by atoms with Crippen LogP contribution in [0.4, 0.5) is 5.69 Å². The number of non-ortho nitro benzene ring substituents is 1. The third-order valence-corrected chi connectivity index (χ3v) is 2.48. The molecule has 0 saturated carbocycles. The molecule has 0 amide bonds. The normalized spacial score (nSPS) is 11.2. The van der Waals surface area contributed by atoms with Crippen molar-refractivity contribution in [1.29, 1.82) is 0 Å². The Bertz CT molecular complexity index is 602. The number of benzene rings is 2. The number of hydrogen-bond acceptors (Lipinski definition) is 3. The third kappa shape index (κ3) is 3.89. The molecule has 2 rings (SSSR count). The standard InChI is InChI=1S/C15H12N2O2/c18-17(19)15-8-6-14(7-9-15)12-16-11-10-13-4-2-1-3-5-13/h1-12H/b11-10+,16-12?. The molecule has 0 saturated heterocycles. The minimum atomic E-state index is -0.420. The van der Waals surface area contributed by atoms with E-state index in [9.17, 15) is 10.1 Å². The van der Waals surface area contributed by atoms with Crippen LogP contribution >= 0.6 is 0 Å². The summed E-state index contributed by atoms with van der Waals surface area (Å²) in [5.41, 5.74) is 1.98. The van der Waals surface area contributed by atoms with Crippen LogP contribution < -0.4 is 0 Å². The van der Waals surface area contributed by atoms with Crippen LogP contribution in [-0.4, -0.2) is 11.1 Å². The van der Waals surface area contributed by atoms with Crippen molar-refractivity contribution >= 4 is 18.0 Å². The van der Waals surface area contributed by atoms with Gasteiger partial charge in [-0.25, -0.2) is 0 Å². The zero-order valence-corrected chi connectivity index (χ0v) is 10.1. The minimum Gasteiger partial charge on any atom is -0.264 e. The summed E-state index contributed by atoms with van der Waals surface area (Å²) in [6.45, 7) is 0. The van der Waals surface area contributed by atoms with Gasteiger partial charge in [0.05, 0.1) is 4.92 Å². The Morgan fingerprint density at radius 1 is 0.947 bits per heavy atom. The maximum absolute atomic E-state index is 10.5. The van der Waals surface area contributed by atoms with Gasteiger partial charge in [0, 0.05) is 24.5 Å². The van der Waals surface area contributed by atoms with Crippen LogP contribution in [0.25, 0.3) is 6.08 Å². The monoisotopic (exact) mass is 252 g/mol.